The van der Waals surface area contributed by atoms with Gasteiger partial charge in [0.05, 0.1) is 0 Å². The molecule has 2 atom stereocenters. The van der Waals surface area contributed by atoms with E-state index in [1.54, 1.807) is 38.1 Å². The molecule has 30 heavy (non-hydrogen) atoms. The molecule has 2 aromatic rings. The van der Waals surface area contributed by atoms with Gasteiger partial charge in [-0.2, -0.15) is 0 Å². The molecule has 158 valence electrons. The van der Waals surface area contributed by atoms with Gasteiger partial charge in [0, 0.05) is 11.4 Å². The van der Waals surface area contributed by atoms with Crippen molar-refractivity contribution in [3.05, 3.63) is 60.7 Å². The molecule has 0 radical (unpaired) electrons. The van der Waals surface area contributed by atoms with Gasteiger partial charge in [0.25, 0.3) is 0 Å². The highest BCUT2D eigenvalue weighted by Crippen LogP contribution is 2.36. The number of ether oxygens (including phenoxy) is 3. The Morgan fingerprint density at radius 3 is 2.23 bits per heavy atom. The quantitative estimate of drug-likeness (QED) is 0.532. The Morgan fingerprint density at radius 2 is 1.60 bits per heavy atom. The molecule has 0 aromatic heterocycles. The maximum atomic E-state index is 12.3. The summed E-state index contributed by atoms with van der Waals surface area (Å²) in [6.45, 7) is 2.98. The molecule has 3 rings (SSSR count). The van der Waals surface area contributed by atoms with Crippen LogP contribution < -0.4 is 10.6 Å². The summed E-state index contributed by atoms with van der Waals surface area (Å²) < 4.78 is 16.0. The number of benzene rings is 2. The molecule has 2 aromatic carbocycles. The van der Waals surface area contributed by atoms with Crippen LogP contribution in [0.3, 0.4) is 0 Å². The summed E-state index contributed by atoms with van der Waals surface area (Å²) in [4.78, 5) is 36.6. The fraction of sp³-hybridized carbons (Fsp3) is 0.318. The fourth-order valence-electron chi connectivity index (χ4n) is 3.02. The van der Waals surface area contributed by atoms with E-state index >= 15 is 0 Å². The molecule has 1 amide bonds. The predicted octanol–water partition coefficient (Wildman–Crippen LogP) is 3.21. The van der Waals surface area contributed by atoms with Crippen LogP contribution in [0.15, 0.2) is 60.7 Å². The molecular weight excluding hydrogens is 388 g/mol. The Labute approximate surface area is 174 Å². The van der Waals surface area contributed by atoms with Gasteiger partial charge in [0.15, 0.2) is 12.2 Å². The number of nitrogens with one attached hydrogen (secondary N) is 2. The second-order valence-corrected chi connectivity index (χ2v) is 7.38. The lowest BCUT2D eigenvalue weighted by Gasteiger charge is -2.25. The summed E-state index contributed by atoms with van der Waals surface area (Å²) in [5, 5.41) is 5.54. The van der Waals surface area contributed by atoms with E-state index in [4.69, 9.17) is 14.2 Å². The lowest BCUT2D eigenvalue weighted by atomic mass is 9.86. The first-order valence-corrected chi connectivity index (χ1v) is 9.54. The predicted molar refractivity (Wildman–Crippen MR) is 110 cm³/mol. The topological polar surface area (TPSA) is 103 Å². The Bertz CT molecular complexity index is 885. The van der Waals surface area contributed by atoms with Crippen molar-refractivity contribution in [2.75, 3.05) is 23.8 Å². The molecule has 0 saturated carbocycles. The number of cyclic esters (lactones) is 1. The summed E-state index contributed by atoms with van der Waals surface area (Å²) in [6.07, 6.45) is -2.53. The summed E-state index contributed by atoms with van der Waals surface area (Å²) in [5.74, 6) is -1.05. The highest BCUT2D eigenvalue weighted by Gasteiger charge is 2.54. The lowest BCUT2D eigenvalue weighted by molar-refractivity contribution is -0.154. The van der Waals surface area contributed by atoms with Gasteiger partial charge >= 0.3 is 18.0 Å². The molecule has 8 heteroatoms. The SMILES string of the molecule is CC1(C)C(=O)O[C@H](COC(=O)CNc2ccccc2)[C@H]1OC(=O)Nc1ccccc1. The Kier molecular flexibility index (Phi) is 6.56. The van der Waals surface area contributed by atoms with Crippen LogP contribution in [0.25, 0.3) is 0 Å². The molecule has 1 saturated heterocycles. The van der Waals surface area contributed by atoms with E-state index in [2.05, 4.69) is 10.6 Å². The zero-order valence-corrected chi connectivity index (χ0v) is 16.8. The minimum atomic E-state index is -1.08. The van der Waals surface area contributed by atoms with Gasteiger partial charge < -0.3 is 19.5 Å². The van der Waals surface area contributed by atoms with Gasteiger partial charge in [-0.3, -0.25) is 14.9 Å². The molecule has 1 heterocycles. The van der Waals surface area contributed by atoms with Gasteiger partial charge in [0.1, 0.15) is 18.6 Å². The second-order valence-electron chi connectivity index (χ2n) is 7.38. The van der Waals surface area contributed by atoms with Gasteiger partial charge in [-0.15, -0.1) is 0 Å². The van der Waals surface area contributed by atoms with Crippen molar-refractivity contribution in [3.8, 4) is 0 Å². The molecule has 0 unspecified atom stereocenters. The van der Waals surface area contributed by atoms with Crippen LogP contribution in [0.4, 0.5) is 16.2 Å². The van der Waals surface area contributed by atoms with Crippen molar-refractivity contribution < 1.29 is 28.6 Å². The standard InChI is InChI=1S/C22H24N2O6/c1-22(2)19(30-21(27)24-16-11-7-4-8-12-16)17(29-20(22)26)14-28-18(25)13-23-15-9-5-3-6-10-15/h3-12,17,19,23H,13-14H2,1-2H3,(H,24,27)/t17-,19-/m1/s1. The van der Waals surface area contributed by atoms with Crippen LogP contribution in [-0.2, 0) is 23.8 Å². The molecular formula is C22H24N2O6. The van der Waals surface area contributed by atoms with Crippen molar-refractivity contribution in [2.45, 2.75) is 26.1 Å². The number of anilines is 2. The van der Waals surface area contributed by atoms with Gasteiger partial charge in [-0.25, -0.2) is 4.79 Å². The number of esters is 2. The number of hydrogen-bond acceptors (Lipinski definition) is 7. The van der Waals surface area contributed by atoms with Crippen molar-refractivity contribution in [2.24, 2.45) is 5.41 Å². The largest absolute Gasteiger partial charge is 0.460 e. The summed E-state index contributed by atoms with van der Waals surface area (Å²) in [7, 11) is 0. The molecule has 0 spiro atoms. The Morgan fingerprint density at radius 1 is 1.00 bits per heavy atom. The van der Waals surface area contributed by atoms with E-state index in [0.29, 0.717) is 5.69 Å². The molecule has 8 nitrogen and oxygen atoms in total. The van der Waals surface area contributed by atoms with E-state index in [9.17, 15) is 14.4 Å². The van der Waals surface area contributed by atoms with Gasteiger partial charge in [0.2, 0.25) is 0 Å². The average Bonchev–Trinajstić information content (AvgIpc) is 2.95. The van der Waals surface area contributed by atoms with Crippen molar-refractivity contribution in [1.29, 1.82) is 0 Å². The highest BCUT2D eigenvalue weighted by molar-refractivity contribution is 5.86. The average molecular weight is 412 g/mol. The number of para-hydroxylation sites is 2. The zero-order valence-electron chi connectivity index (χ0n) is 16.8. The number of carbonyl (C=O) groups excluding carboxylic acids is 3. The fourth-order valence-corrected chi connectivity index (χ4v) is 3.02. The first-order valence-electron chi connectivity index (χ1n) is 9.54. The Balaban J connectivity index is 1.55. The first kappa shape index (κ1) is 21.2. The molecule has 1 aliphatic rings. The van der Waals surface area contributed by atoms with Crippen LogP contribution in [0.1, 0.15) is 13.8 Å². The van der Waals surface area contributed by atoms with Crippen molar-refractivity contribution in [1.82, 2.24) is 0 Å². The number of amides is 1. The van der Waals surface area contributed by atoms with Crippen molar-refractivity contribution in [3.63, 3.8) is 0 Å². The van der Waals surface area contributed by atoms with Crippen LogP contribution in [-0.4, -0.2) is 43.4 Å². The summed E-state index contributed by atoms with van der Waals surface area (Å²) in [6, 6.07) is 18.0. The maximum Gasteiger partial charge on any atom is 0.412 e. The van der Waals surface area contributed by atoms with Gasteiger partial charge in [-0.05, 0) is 38.1 Å². The third-order valence-corrected chi connectivity index (χ3v) is 4.71. The minimum Gasteiger partial charge on any atom is -0.460 e. The lowest BCUT2D eigenvalue weighted by Crippen LogP contribution is -2.41. The van der Waals surface area contributed by atoms with E-state index < -0.39 is 35.7 Å². The third kappa shape index (κ3) is 5.28. The van der Waals surface area contributed by atoms with E-state index in [1.165, 1.54) is 0 Å². The first-order chi connectivity index (χ1) is 14.4. The number of hydrogen-bond donors (Lipinski definition) is 2. The van der Waals surface area contributed by atoms with Crippen molar-refractivity contribution >= 4 is 29.4 Å². The van der Waals surface area contributed by atoms with Crippen LogP contribution in [0, 0.1) is 5.41 Å². The van der Waals surface area contributed by atoms with E-state index in [1.807, 2.05) is 36.4 Å². The number of rotatable bonds is 7. The highest BCUT2D eigenvalue weighted by atomic mass is 16.6. The number of carbonyl (C=O) groups is 3. The van der Waals surface area contributed by atoms with Crippen LogP contribution in [0.5, 0.6) is 0 Å². The smallest absolute Gasteiger partial charge is 0.412 e. The third-order valence-electron chi connectivity index (χ3n) is 4.71. The monoisotopic (exact) mass is 412 g/mol. The minimum absolute atomic E-state index is 0.0475. The molecule has 1 aliphatic heterocycles. The summed E-state index contributed by atoms with van der Waals surface area (Å²) >= 11 is 0. The zero-order chi connectivity index (χ0) is 21.6. The van der Waals surface area contributed by atoms with E-state index in [0.717, 1.165) is 5.69 Å². The maximum absolute atomic E-state index is 12.3. The molecule has 1 fully saturated rings. The Hall–Kier alpha value is -3.55. The van der Waals surface area contributed by atoms with Gasteiger partial charge in [-0.1, -0.05) is 36.4 Å². The van der Waals surface area contributed by atoms with Crippen LogP contribution >= 0.6 is 0 Å². The molecule has 2 N–H and O–H groups in total. The second kappa shape index (κ2) is 9.30. The summed E-state index contributed by atoms with van der Waals surface area (Å²) in [5.41, 5.74) is 0.259. The van der Waals surface area contributed by atoms with Crippen LogP contribution in [0.2, 0.25) is 0 Å². The molecule has 0 aliphatic carbocycles. The molecule has 0 bridgehead atoms. The van der Waals surface area contributed by atoms with E-state index in [-0.39, 0.29) is 13.2 Å². The normalized spacial score (nSPS) is 19.5.